The highest BCUT2D eigenvalue weighted by Crippen LogP contribution is 2.45. The molecule has 0 amide bonds. The van der Waals surface area contributed by atoms with E-state index in [1.54, 1.807) is 0 Å². The Hall–Kier alpha value is -1.40. The van der Waals surface area contributed by atoms with Gasteiger partial charge in [0, 0.05) is 25.2 Å². The van der Waals surface area contributed by atoms with Crippen molar-refractivity contribution in [3.63, 3.8) is 0 Å². The number of benzene rings is 2. The molecular weight excluding hydrogens is 490 g/mol. The molecule has 4 fully saturated rings. The van der Waals surface area contributed by atoms with Gasteiger partial charge in [-0.3, -0.25) is 0 Å². The van der Waals surface area contributed by atoms with Gasteiger partial charge in [0.25, 0.3) is 0 Å². The summed E-state index contributed by atoms with van der Waals surface area (Å²) in [5.41, 5.74) is 0.112. The van der Waals surface area contributed by atoms with Crippen LogP contribution in [0.4, 0.5) is 0 Å². The Morgan fingerprint density at radius 1 is 0.912 bits per heavy atom. The summed E-state index contributed by atoms with van der Waals surface area (Å²) in [6.45, 7) is 4.64. The summed E-state index contributed by atoms with van der Waals surface area (Å²) in [7, 11) is 0. The van der Waals surface area contributed by atoms with E-state index in [-0.39, 0.29) is 17.0 Å². The van der Waals surface area contributed by atoms with Crippen LogP contribution >= 0.6 is 15.9 Å². The van der Waals surface area contributed by atoms with E-state index in [1.807, 2.05) is 48.5 Å². The number of halogens is 1. The van der Waals surface area contributed by atoms with Crippen LogP contribution in [0.1, 0.15) is 50.5 Å². The average Bonchev–Trinajstić information content (AvgIpc) is 3.44. The molecule has 3 aliphatic heterocycles. The van der Waals surface area contributed by atoms with Gasteiger partial charge in [-0.1, -0.05) is 61.4 Å². The molecule has 0 radical (unpaired) electrons. The van der Waals surface area contributed by atoms with Crippen molar-refractivity contribution in [2.24, 2.45) is 11.8 Å². The first-order chi connectivity index (χ1) is 16.6. The van der Waals surface area contributed by atoms with Crippen molar-refractivity contribution in [1.29, 1.82) is 0 Å². The van der Waals surface area contributed by atoms with Gasteiger partial charge < -0.3 is 19.1 Å². The van der Waals surface area contributed by atoms with Crippen LogP contribution in [0, 0.1) is 11.8 Å². The van der Waals surface area contributed by atoms with Gasteiger partial charge in [-0.15, -0.1) is 0 Å². The fourth-order valence-electron chi connectivity index (χ4n) is 6.65. The topological polar surface area (TPSA) is 38.7 Å². The number of rotatable bonds is 10. The predicted octanol–water partition coefficient (Wildman–Crippen LogP) is 5.88. The Labute approximate surface area is 213 Å². The zero-order valence-electron chi connectivity index (χ0n) is 20.2. The molecule has 0 aromatic heterocycles. The zero-order chi connectivity index (χ0) is 23.4. The van der Waals surface area contributed by atoms with Crippen LogP contribution in [0.25, 0.3) is 0 Å². The summed E-state index contributed by atoms with van der Waals surface area (Å²) >= 11 is 4.10. The van der Waals surface area contributed by atoms with Gasteiger partial charge in [-0.25, -0.2) is 0 Å². The number of nitrogens with zero attached hydrogens (tertiary/aromatic N) is 1. The average molecular weight is 530 g/mol. The standard InChI is InChI=1S/C29H39BrNO3/c30-28-27(34-22-29(32,25-12-7-8-13-25)24-10-3-1-4-11-24)23-16-19-31(28,20-17-23)18-9-21-33-26-14-5-2-6-15-26/h1-6,10-11,14-15,23,25,27-28,32H,7-9,12-13,16-22H2/q+1/t23?,27-,28-,29?,31?/m1/s1. The number of quaternary nitrogens is 1. The minimum absolute atomic E-state index is 0.147. The van der Waals surface area contributed by atoms with Crippen LogP contribution in [0.3, 0.4) is 0 Å². The number of piperidine rings is 3. The molecule has 3 heterocycles. The summed E-state index contributed by atoms with van der Waals surface area (Å²) in [5.74, 6) is 1.81. The summed E-state index contributed by atoms with van der Waals surface area (Å²) in [6.07, 6.45) is 8.18. The summed E-state index contributed by atoms with van der Waals surface area (Å²) in [4.78, 5) is 0.278. The van der Waals surface area contributed by atoms with Gasteiger partial charge >= 0.3 is 0 Å². The van der Waals surface area contributed by atoms with E-state index in [9.17, 15) is 5.11 Å². The van der Waals surface area contributed by atoms with E-state index >= 15 is 0 Å². The molecule has 1 N–H and O–H groups in total. The molecule has 3 saturated heterocycles. The molecule has 5 heteroatoms. The highest BCUT2D eigenvalue weighted by atomic mass is 79.9. The number of hydrogen-bond acceptors (Lipinski definition) is 3. The molecule has 2 aromatic carbocycles. The highest BCUT2D eigenvalue weighted by Gasteiger charge is 2.54. The molecule has 6 rings (SSSR count). The first kappa shape index (κ1) is 24.3. The first-order valence-electron chi connectivity index (χ1n) is 13.2. The largest absolute Gasteiger partial charge is 0.493 e. The van der Waals surface area contributed by atoms with Crippen LogP contribution in [0.2, 0.25) is 0 Å². The second kappa shape index (κ2) is 10.7. The molecule has 0 spiro atoms. The Balaban J connectivity index is 1.23. The van der Waals surface area contributed by atoms with Crippen LogP contribution in [-0.2, 0) is 10.3 Å². The van der Waals surface area contributed by atoms with Gasteiger partial charge in [-0.2, -0.15) is 0 Å². The maximum Gasteiger partial charge on any atom is 0.171 e. The molecule has 4 aliphatic rings. The minimum atomic E-state index is -0.898. The van der Waals surface area contributed by atoms with Crippen molar-refractivity contribution < 1.29 is 19.1 Å². The number of para-hydroxylation sites is 1. The van der Waals surface area contributed by atoms with Crippen LogP contribution in [0.5, 0.6) is 5.75 Å². The molecule has 1 saturated carbocycles. The number of alkyl halides is 1. The lowest BCUT2D eigenvalue weighted by Gasteiger charge is -2.56. The van der Waals surface area contributed by atoms with E-state index in [4.69, 9.17) is 9.47 Å². The summed E-state index contributed by atoms with van der Waals surface area (Å²) in [6, 6.07) is 20.3. The Morgan fingerprint density at radius 2 is 1.56 bits per heavy atom. The predicted molar refractivity (Wildman–Crippen MR) is 139 cm³/mol. The second-order valence-corrected chi connectivity index (χ2v) is 11.6. The number of hydrogen-bond donors (Lipinski definition) is 1. The number of fused-ring (bicyclic) bond motifs is 3. The maximum atomic E-state index is 12.0. The molecule has 184 valence electrons. The van der Waals surface area contributed by atoms with Gasteiger partial charge in [0.05, 0.1) is 32.8 Å². The van der Waals surface area contributed by atoms with Crippen LogP contribution < -0.4 is 4.74 Å². The van der Waals surface area contributed by atoms with Crippen molar-refractivity contribution in [1.82, 2.24) is 0 Å². The fourth-order valence-corrected chi connectivity index (χ4v) is 7.85. The van der Waals surface area contributed by atoms with E-state index in [0.717, 1.165) is 48.2 Å². The highest BCUT2D eigenvalue weighted by molar-refractivity contribution is 9.09. The zero-order valence-corrected chi connectivity index (χ0v) is 21.7. The maximum absolute atomic E-state index is 12.0. The molecule has 1 aliphatic carbocycles. The Kier molecular flexibility index (Phi) is 7.64. The molecule has 1 unspecified atom stereocenters. The number of aliphatic hydroxyl groups is 1. The van der Waals surface area contributed by atoms with Gasteiger partial charge in [0.1, 0.15) is 17.5 Å². The molecule has 4 nitrogen and oxygen atoms in total. The van der Waals surface area contributed by atoms with Crippen molar-refractivity contribution in [2.75, 3.05) is 32.8 Å². The van der Waals surface area contributed by atoms with E-state index < -0.39 is 5.60 Å². The van der Waals surface area contributed by atoms with Crippen molar-refractivity contribution >= 4 is 15.9 Å². The molecular formula is C29H39BrNO3+. The van der Waals surface area contributed by atoms with Crippen LogP contribution in [-0.4, -0.2) is 53.5 Å². The van der Waals surface area contributed by atoms with Crippen molar-refractivity contribution in [3.8, 4) is 5.75 Å². The van der Waals surface area contributed by atoms with E-state index in [0.29, 0.717) is 12.5 Å². The SMILES string of the molecule is OC(CO[C@@H]1C2CC[N+](CCCOc3ccccc3)(CC2)[C@H]1Br)(c1ccccc1)C1CCCC1. The van der Waals surface area contributed by atoms with Gasteiger partial charge in [0.2, 0.25) is 0 Å². The normalized spacial score (nSPS) is 30.8. The smallest absolute Gasteiger partial charge is 0.171 e. The lowest BCUT2D eigenvalue weighted by atomic mass is 9.80. The van der Waals surface area contributed by atoms with Gasteiger partial charge in [-0.05, 0) is 52.4 Å². The molecule has 34 heavy (non-hydrogen) atoms. The molecule has 3 atom stereocenters. The summed E-state index contributed by atoms with van der Waals surface area (Å²) in [5, 5.41) is 12.0. The quantitative estimate of drug-likeness (QED) is 0.181. The third kappa shape index (κ3) is 4.95. The summed E-state index contributed by atoms with van der Waals surface area (Å²) < 4.78 is 13.8. The van der Waals surface area contributed by atoms with Crippen molar-refractivity contribution in [3.05, 3.63) is 66.2 Å². The minimum Gasteiger partial charge on any atom is -0.493 e. The van der Waals surface area contributed by atoms with E-state index in [2.05, 4.69) is 28.1 Å². The lowest BCUT2D eigenvalue weighted by Crippen LogP contribution is -2.68. The Bertz CT molecular complexity index is 896. The van der Waals surface area contributed by atoms with Gasteiger partial charge in [0.15, 0.2) is 4.95 Å². The Morgan fingerprint density at radius 3 is 2.24 bits per heavy atom. The lowest BCUT2D eigenvalue weighted by molar-refractivity contribution is -0.955. The third-order valence-electron chi connectivity index (χ3n) is 8.71. The van der Waals surface area contributed by atoms with Crippen LogP contribution in [0.15, 0.2) is 60.7 Å². The fraction of sp³-hybridized carbons (Fsp3) is 0.586. The first-order valence-corrected chi connectivity index (χ1v) is 14.1. The third-order valence-corrected chi connectivity index (χ3v) is 10.1. The van der Waals surface area contributed by atoms with E-state index in [1.165, 1.54) is 38.8 Å². The monoisotopic (exact) mass is 528 g/mol. The second-order valence-electron chi connectivity index (χ2n) is 10.7. The molecule has 2 aromatic rings. The number of ether oxygens (including phenoxy) is 2. The van der Waals surface area contributed by atoms with Crippen molar-refractivity contribution in [2.45, 2.75) is 61.6 Å². The molecule has 2 bridgehead atoms.